The van der Waals surface area contributed by atoms with E-state index in [-0.39, 0.29) is 16.2 Å². The number of Topliss-reactive ketones (excluding diaryl/α,β-unsaturated/α-hetero) is 1. The van der Waals surface area contributed by atoms with Gasteiger partial charge in [0.1, 0.15) is 11.4 Å². The van der Waals surface area contributed by atoms with Gasteiger partial charge in [0.15, 0.2) is 5.78 Å². The first-order chi connectivity index (χ1) is 15.4. The van der Waals surface area contributed by atoms with Gasteiger partial charge in [0.2, 0.25) is 8.32 Å². The lowest BCUT2D eigenvalue weighted by Gasteiger charge is -2.52. The van der Waals surface area contributed by atoms with Crippen molar-refractivity contribution in [2.45, 2.75) is 95.4 Å². The molecule has 1 N–H and O–H groups in total. The van der Waals surface area contributed by atoms with Crippen LogP contribution in [-0.2, 0) is 23.1 Å². The van der Waals surface area contributed by atoms with Gasteiger partial charge >= 0.3 is 0 Å². The molecule has 0 amide bonds. The summed E-state index contributed by atoms with van der Waals surface area (Å²) in [5.41, 5.74) is 2.22. The number of carbonyl (C=O) groups excluding carboxylic acids is 1. The van der Waals surface area contributed by atoms with E-state index >= 15 is 0 Å². The van der Waals surface area contributed by atoms with Gasteiger partial charge in [-0.05, 0) is 78.6 Å². The third-order valence-electron chi connectivity index (χ3n) is 8.89. The van der Waals surface area contributed by atoms with Crippen LogP contribution in [0, 0.1) is 5.92 Å². The second kappa shape index (κ2) is 8.39. The molecule has 0 spiro atoms. The zero-order chi connectivity index (χ0) is 24.1. The highest BCUT2D eigenvalue weighted by Crippen LogP contribution is 2.54. The summed E-state index contributed by atoms with van der Waals surface area (Å²) in [6.45, 7) is 13.6. The lowest BCUT2D eigenvalue weighted by molar-refractivity contribution is -0.148. The number of benzene rings is 2. The molecule has 0 bridgehead atoms. The summed E-state index contributed by atoms with van der Waals surface area (Å²) in [6.07, 6.45) is 4.29. The Kier molecular flexibility index (Phi) is 6.16. The molecular formula is C29H40O3Si. The minimum atomic E-state index is -1.91. The lowest BCUT2D eigenvalue weighted by atomic mass is 9.52. The molecule has 2 aromatic carbocycles. The molecule has 2 aromatic rings. The van der Waals surface area contributed by atoms with Gasteiger partial charge in [0, 0.05) is 18.3 Å². The van der Waals surface area contributed by atoms with Crippen molar-refractivity contribution in [3.8, 4) is 5.75 Å². The molecule has 0 aliphatic heterocycles. The Morgan fingerprint density at radius 3 is 2.45 bits per heavy atom. The molecule has 2 unspecified atom stereocenters. The summed E-state index contributed by atoms with van der Waals surface area (Å²) in [5, 5.41) is 11.6. The number of hydrogen-bond donors (Lipinski definition) is 1. The predicted molar refractivity (Wildman–Crippen MR) is 137 cm³/mol. The van der Waals surface area contributed by atoms with E-state index in [2.05, 4.69) is 59.0 Å². The Labute approximate surface area is 200 Å². The number of rotatable bonds is 5. The normalized spacial score (nSPS) is 27.6. The molecule has 0 radical (unpaired) electrons. The molecule has 33 heavy (non-hydrogen) atoms. The molecular weight excluding hydrogens is 424 g/mol. The maximum atomic E-state index is 13.4. The fourth-order valence-electron chi connectivity index (χ4n) is 5.82. The van der Waals surface area contributed by atoms with Crippen LogP contribution >= 0.6 is 0 Å². The molecule has 1 fully saturated rings. The van der Waals surface area contributed by atoms with E-state index in [1.165, 1.54) is 11.1 Å². The Morgan fingerprint density at radius 1 is 1.12 bits per heavy atom. The highest BCUT2D eigenvalue weighted by Gasteiger charge is 2.55. The van der Waals surface area contributed by atoms with Gasteiger partial charge in [0.25, 0.3) is 0 Å². The maximum Gasteiger partial charge on any atom is 0.250 e. The number of fused-ring (bicyclic) bond motifs is 3. The lowest BCUT2D eigenvalue weighted by Crippen LogP contribution is -2.56. The summed E-state index contributed by atoms with van der Waals surface area (Å²) in [6, 6.07) is 16.5. The minimum Gasteiger partial charge on any atom is -0.543 e. The van der Waals surface area contributed by atoms with Crippen molar-refractivity contribution >= 4 is 14.1 Å². The fraction of sp³-hybridized carbons (Fsp3) is 0.552. The Morgan fingerprint density at radius 2 is 1.82 bits per heavy atom. The molecule has 1 saturated carbocycles. The maximum absolute atomic E-state index is 13.4. The van der Waals surface area contributed by atoms with Crippen molar-refractivity contribution in [3.63, 3.8) is 0 Å². The highest BCUT2D eigenvalue weighted by atomic mass is 28.4. The highest BCUT2D eigenvalue weighted by molar-refractivity contribution is 6.74. The van der Waals surface area contributed by atoms with Crippen molar-refractivity contribution in [3.05, 3.63) is 65.2 Å². The predicted octanol–water partition coefficient (Wildman–Crippen LogP) is 6.62. The Balaban J connectivity index is 1.63. The summed E-state index contributed by atoms with van der Waals surface area (Å²) >= 11 is 0. The molecule has 2 aliphatic carbocycles. The van der Waals surface area contributed by atoms with Crippen LogP contribution in [0.25, 0.3) is 0 Å². The molecule has 2 aliphatic rings. The first-order valence-corrected chi connectivity index (χ1v) is 15.4. The number of aryl methyl sites for hydroxylation is 1. The summed E-state index contributed by atoms with van der Waals surface area (Å²) in [5.74, 6) is 1.28. The van der Waals surface area contributed by atoms with E-state index in [4.69, 9.17) is 4.43 Å². The monoisotopic (exact) mass is 464 g/mol. The second-order valence-electron chi connectivity index (χ2n) is 11.9. The minimum absolute atomic E-state index is 0.00102. The largest absolute Gasteiger partial charge is 0.543 e. The first kappa shape index (κ1) is 24.2. The smallest absolute Gasteiger partial charge is 0.250 e. The van der Waals surface area contributed by atoms with Crippen LogP contribution in [0.2, 0.25) is 18.1 Å². The average molecular weight is 465 g/mol. The molecule has 4 heteroatoms. The zero-order valence-electron chi connectivity index (χ0n) is 21.2. The van der Waals surface area contributed by atoms with Crippen molar-refractivity contribution in [2.24, 2.45) is 5.92 Å². The standard InChI is InChI=1S/C29H40O3Si/c1-7-28-20-26(30)29(31,18-21-11-9-8-10-12-21)19-23(28)14-13-22-17-24(15-16-25(22)28)32-33(5,6)27(2,3)4/h8-12,15-17,23,31H,7,13-14,18-20H2,1-6H3/t23-,28?,29?/m1/s1. The van der Waals surface area contributed by atoms with Gasteiger partial charge in [-0.25, -0.2) is 0 Å². The summed E-state index contributed by atoms with van der Waals surface area (Å²) in [7, 11) is -1.91. The van der Waals surface area contributed by atoms with Gasteiger partial charge in [-0.2, -0.15) is 0 Å². The average Bonchev–Trinajstić information content (AvgIpc) is 2.74. The molecule has 0 saturated heterocycles. The molecule has 4 rings (SSSR count). The van der Waals surface area contributed by atoms with Gasteiger partial charge in [-0.1, -0.05) is 64.1 Å². The fourth-order valence-corrected chi connectivity index (χ4v) is 6.84. The number of ketones is 1. The van der Waals surface area contributed by atoms with Crippen molar-refractivity contribution in [2.75, 3.05) is 0 Å². The van der Waals surface area contributed by atoms with Crippen LogP contribution in [0.4, 0.5) is 0 Å². The topological polar surface area (TPSA) is 46.5 Å². The van der Waals surface area contributed by atoms with Crippen molar-refractivity contribution in [1.82, 2.24) is 0 Å². The molecule has 3 atom stereocenters. The van der Waals surface area contributed by atoms with E-state index < -0.39 is 13.9 Å². The second-order valence-corrected chi connectivity index (χ2v) is 16.6. The van der Waals surface area contributed by atoms with Crippen LogP contribution in [-0.4, -0.2) is 24.8 Å². The van der Waals surface area contributed by atoms with Gasteiger partial charge in [0.05, 0.1) is 0 Å². The summed E-state index contributed by atoms with van der Waals surface area (Å²) in [4.78, 5) is 13.4. The Hall–Kier alpha value is -1.91. The third kappa shape index (κ3) is 4.32. The molecule has 178 valence electrons. The van der Waals surface area contributed by atoms with E-state index in [1.807, 2.05) is 30.3 Å². The van der Waals surface area contributed by atoms with Gasteiger partial charge < -0.3 is 9.53 Å². The van der Waals surface area contributed by atoms with E-state index in [9.17, 15) is 9.90 Å². The molecule has 0 aromatic heterocycles. The van der Waals surface area contributed by atoms with E-state index in [1.54, 1.807) is 0 Å². The van der Waals surface area contributed by atoms with Crippen LogP contribution in [0.5, 0.6) is 5.75 Å². The first-order valence-electron chi connectivity index (χ1n) is 12.5. The molecule has 0 heterocycles. The Bertz CT molecular complexity index is 1020. The van der Waals surface area contributed by atoms with Gasteiger partial charge in [-0.3, -0.25) is 4.79 Å². The number of carbonyl (C=O) groups is 1. The summed E-state index contributed by atoms with van der Waals surface area (Å²) < 4.78 is 6.59. The third-order valence-corrected chi connectivity index (χ3v) is 13.2. The van der Waals surface area contributed by atoms with Crippen molar-refractivity contribution in [1.29, 1.82) is 0 Å². The van der Waals surface area contributed by atoms with E-state index in [0.29, 0.717) is 25.2 Å². The van der Waals surface area contributed by atoms with Crippen molar-refractivity contribution < 1.29 is 14.3 Å². The van der Waals surface area contributed by atoms with Crippen LogP contribution in [0.1, 0.15) is 70.1 Å². The SMILES string of the molecule is CCC12CC(=O)C(O)(Cc3ccccc3)C[C@H]1CCc1cc(O[Si](C)(C)C(C)(C)C)ccc12. The van der Waals surface area contributed by atoms with Gasteiger partial charge in [-0.15, -0.1) is 0 Å². The number of aliphatic hydroxyl groups is 1. The number of hydrogen-bond acceptors (Lipinski definition) is 3. The van der Waals surface area contributed by atoms with Crippen LogP contribution in [0.3, 0.4) is 0 Å². The zero-order valence-corrected chi connectivity index (χ0v) is 22.2. The van der Waals surface area contributed by atoms with Crippen LogP contribution in [0.15, 0.2) is 48.5 Å². The van der Waals surface area contributed by atoms with Crippen LogP contribution < -0.4 is 4.43 Å². The molecule has 3 nitrogen and oxygen atoms in total. The quantitative estimate of drug-likeness (QED) is 0.506. The van der Waals surface area contributed by atoms with E-state index in [0.717, 1.165) is 30.6 Å².